The molecule has 0 unspecified atom stereocenters. The summed E-state index contributed by atoms with van der Waals surface area (Å²) >= 11 is 0. The van der Waals surface area contributed by atoms with Crippen molar-refractivity contribution in [2.75, 3.05) is 49.2 Å². The zero-order valence-corrected chi connectivity index (χ0v) is 15.4. The fourth-order valence-corrected chi connectivity index (χ4v) is 3.68. The molecule has 2 aromatic heterocycles. The quantitative estimate of drug-likeness (QED) is 0.795. The molecule has 0 bridgehead atoms. The standard InChI is InChI=1S/C19H22F3N5O/c20-15-11-14(17(21)22)12-24-19(15)27-5-2-13(3-6-27)18-23-4-1-16(25-18)26-7-9-28-10-8-26/h1,4,11-13,17H,2-3,5-10H2. The molecule has 2 aliphatic heterocycles. The average Bonchev–Trinajstić information content (AvgIpc) is 2.74. The van der Waals surface area contributed by atoms with Crippen molar-refractivity contribution >= 4 is 11.6 Å². The van der Waals surface area contributed by atoms with Gasteiger partial charge in [-0.2, -0.15) is 0 Å². The Morgan fingerprint density at radius 2 is 1.79 bits per heavy atom. The summed E-state index contributed by atoms with van der Waals surface area (Å²) in [5, 5.41) is 0. The number of pyridine rings is 1. The summed E-state index contributed by atoms with van der Waals surface area (Å²) in [6.07, 6.45) is 1.61. The van der Waals surface area contributed by atoms with E-state index in [1.54, 1.807) is 11.1 Å². The van der Waals surface area contributed by atoms with Gasteiger partial charge < -0.3 is 14.5 Å². The molecule has 4 heterocycles. The first kappa shape index (κ1) is 18.9. The summed E-state index contributed by atoms with van der Waals surface area (Å²) in [6.45, 7) is 4.17. The summed E-state index contributed by atoms with van der Waals surface area (Å²) in [5.41, 5.74) is -0.399. The molecule has 2 aliphatic rings. The van der Waals surface area contributed by atoms with E-state index in [1.807, 2.05) is 6.07 Å². The molecule has 150 valence electrons. The van der Waals surface area contributed by atoms with Crippen LogP contribution in [0, 0.1) is 5.82 Å². The number of alkyl halides is 2. The van der Waals surface area contributed by atoms with E-state index >= 15 is 0 Å². The van der Waals surface area contributed by atoms with Crippen LogP contribution in [0.4, 0.5) is 24.8 Å². The predicted molar refractivity (Wildman–Crippen MR) is 98.4 cm³/mol. The first-order chi connectivity index (χ1) is 13.6. The van der Waals surface area contributed by atoms with Gasteiger partial charge in [0.05, 0.1) is 13.2 Å². The van der Waals surface area contributed by atoms with Crippen LogP contribution in [0.1, 0.15) is 36.6 Å². The van der Waals surface area contributed by atoms with Gasteiger partial charge in [0, 0.05) is 50.1 Å². The highest BCUT2D eigenvalue weighted by molar-refractivity contribution is 5.42. The number of hydrogen-bond donors (Lipinski definition) is 0. The van der Waals surface area contributed by atoms with Crippen molar-refractivity contribution in [1.29, 1.82) is 0 Å². The Kier molecular flexibility index (Phi) is 5.61. The lowest BCUT2D eigenvalue weighted by Crippen LogP contribution is -2.37. The minimum atomic E-state index is -2.72. The van der Waals surface area contributed by atoms with Gasteiger partial charge in [0.2, 0.25) is 0 Å². The molecule has 0 aliphatic carbocycles. The van der Waals surface area contributed by atoms with Gasteiger partial charge in [-0.15, -0.1) is 0 Å². The monoisotopic (exact) mass is 393 g/mol. The van der Waals surface area contributed by atoms with E-state index in [-0.39, 0.29) is 11.7 Å². The van der Waals surface area contributed by atoms with Crippen molar-refractivity contribution in [3.63, 3.8) is 0 Å². The van der Waals surface area contributed by atoms with Crippen molar-refractivity contribution in [1.82, 2.24) is 15.0 Å². The lowest BCUT2D eigenvalue weighted by Gasteiger charge is -2.33. The van der Waals surface area contributed by atoms with Gasteiger partial charge in [-0.3, -0.25) is 0 Å². The molecular formula is C19H22F3N5O. The van der Waals surface area contributed by atoms with Crippen LogP contribution >= 0.6 is 0 Å². The highest BCUT2D eigenvalue weighted by Gasteiger charge is 2.26. The molecule has 0 aromatic carbocycles. The Morgan fingerprint density at radius 1 is 1.04 bits per heavy atom. The molecule has 0 N–H and O–H groups in total. The number of aromatic nitrogens is 3. The molecule has 28 heavy (non-hydrogen) atoms. The Bertz CT molecular complexity index is 808. The van der Waals surface area contributed by atoms with E-state index < -0.39 is 17.8 Å². The third-order valence-corrected chi connectivity index (χ3v) is 5.25. The fraction of sp³-hybridized carbons (Fsp3) is 0.526. The SMILES string of the molecule is Fc1cc(C(F)F)cnc1N1CCC(c2nccc(N3CCOCC3)n2)CC1. The third-order valence-electron chi connectivity index (χ3n) is 5.25. The number of nitrogens with zero attached hydrogens (tertiary/aromatic N) is 5. The van der Waals surface area contributed by atoms with Crippen molar-refractivity contribution in [3.8, 4) is 0 Å². The number of morpholine rings is 1. The predicted octanol–water partition coefficient (Wildman–Crippen LogP) is 3.17. The molecule has 0 saturated carbocycles. The van der Waals surface area contributed by atoms with Gasteiger partial charge in [-0.1, -0.05) is 0 Å². The fourth-order valence-electron chi connectivity index (χ4n) is 3.68. The molecule has 0 spiro atoms. The highest BCUT2D eigenvalue weighted by Crippen LogP contribution is 2.31. The minimum Gasteiger partial charge on any atom is -0.378 e. The third kappa shape index (κ3) is 4.04. The first-order valence-electron chi connectivity index (χ1n) is 9.46. The smallest absolute Gasteiger partial charge is 0.265 e. The second-order valence-corrected chi connectivity index (χ2v) is 7.01. The first-order valence-corrected chi connectivity index (χ1v) is 9.46. The van der Waals surface area contributed by atoms with E-state index in [4.69, 9.17) is 9.72 Å². The number of ether oxygens (including phenoxy) is 1. The van der Waals surface area contributed by atoms with Gasteiger partial charge in [-0.05, 0) is 25.0 Å². The highest BCUT2D eigenvalue weighted by atomic mass is 19.3. The van der Waals surface area contributed by atoms with Gasteiger partial charge in [0.25, 0.3) is 6.43 Å². The molecule has 0 amide bonds. The number of piperidine rings is 1. The maximum Gasteiger partial charge on any atom is 0.265 e. The van der Waals surface area contributed by atoms with Crippen LogP contribution in [0.15, 0.2) is 24.5 Å². The van der Waals surface area contributed by atoms with Crippen LogP contribution in [-0.2, 0) is 4.74 Å². The van der Waals surface area contributed by atoms with Gasteiger partial charge in [0.1, 0.15) is 11.6 Å². The van der Waals surface area contributed by atoms with Crippen LogP contribution in [-0.4, -0.2) is 54.3 Å². The molecule has 6 nitrogen and oxygen atoms in total. The van der Waals surface area contributed by atoms with Crippen molar-refractivity contribution < 1.29 is 17.9 Å². The largest absolute Gasteiger partial charge is 0.378 e. The zero-order chi connectivity index (χ0) is 19.5. The molecule has 0 atom stereocenters. The Morgan fingerprint density at radius 3 is 2.46 bits per heavy atom. The van der Waals surface area contributed by atoms with E-state index in [0.717, 1.165) is 49.8 Å². The van der Waals surface area contributed by atoms with Crippen LogP contribution < -0.4 is 9.80 Å². The summed E-state index contributed by atoms with van der Waals surface area (Å²) < 4.78 is 44.9. The van der Waals surface area contributed by atoms with E-state index in [0.29, 0.717) is 26.3 Å². The van der Waals surface area contributed by atoms with Gasteiger partial charge in [-0.25, -0.2) is 28.1 Å². The summed E-state index contributed by atoms with van der Waals surface area (Å²) in [7, 11) is 0. The number of hydrogen-bond acceptors (Lipinski definition) is 6. The lowest BCUT2D eigenvalue weighted by atomic mass is 9.96. The maximum atomic E-state index is 14.2. The zero-order valence-electron chi connectivity index (χ0n) is 15.4. The Hall–Kier alpha value is -2.42. The molecular weight excluding hydrogens is 371 g/mol. The normalized spacial score (nSPS) is 18.7. The average molecular weight is 393 g/mol. The van der Waals surface area contributed by atoms with Crippen molar-refractivity contribution in [2.24, 2.45) is 0 Å². The van der Waals surface area contributed by atoms with Gasteiger partial charge in [0.15, 0.2) is 11.6 Å². The van der Waals surface area contributed by atoms with E-state index in [1.165, 1.54) is 0 Å². The molecule has 2 fully saturated rings. The summed E-state index contributed by atoms with van der Waals surface area (Å²) in [5.74, 6) is 1.31. The molecule has 2 saturated heterocycles. The second-order valence-electron chi connectivity index (χ2n) is 7.01. The summed E-state index contributed by atoms with van der Waals surface area (Å²) in [4.78, 5) is 17.1. The van der Waals surface area contributed by atoms with Gasteiger partial charge >= 0.3 is 0 Å². The van der Waals surface area contributed by atoms with Crippen LogP contribution in [0.2, 0.25) is 0 Å². The number of anilines is 2. The van der Waals surface area contributed by atoms with Crippen LogP contribution in [0.3, 0.4) is 0 Å². The Labute approximate surface area is 161 Å². The van der Waals surface area contributed by atoms with Crippen LogP contribution in [0.5, 0.6) is 0 Å². The second kappa shape index (κ2) is 8.30. The maximum absolute atomic E-state index is 14.2. The van der Waals surface area contributed by atoms with Crippen molar-refractivity contribution in [3.05, 3.63) is 41.7 Å². The molecule has 9 heteroatoms. The van der Waals surface area contributed by atoms with Crippen LogP contribution in [0.25, 0.3) is 0 Å². The minimum absolute atomic E-state index is 0.130. The topological polar surface area (TPSA) is 54.4 Å². The number of halogens is 3. The molecule has 0 radical (unpaired) electrons. The van der Waals surface area contributed by atoms with E-state index in [2.05, 4.69) is 14.9 Å². The molecule has 2 aromatic rings. The number of rotatable bonds is 4. The van der Waals surface area contributed by atoms with E-state index in [9.17, 15) is 13.2 Å². The Balaban J connectivity index is 1.42. The lowest BCUT2D eigenvalue weighted by molar-refractivity contribution is 0.122. The molecule has 4 rings (SSSR count). The van der Waals surface area contributed by atoms with Crippen molar-refractivity contribution in [2.45, 2.75) is 25.2 Å². The summed E-state index contributed by atoms with van der Waals surface area (Å²) in [6, 6.07) is 2.78.